The summed E-state index contributed by atoms with van der Waals surface area (Å²) in [7, 11) is 0. The van der Waals surface area contributed by atoms with Gasteiger partial charge in [-0.25, -0.2) is 0 Å². The molecule has 2 heterocycles. The molecule has 1 aliphatic heterocycles. The molecule has 0 spiro atoms. The van der Waals surface area contributed by atoms with Gasteiger partial charge >= 0.3 is 0 Å². The summed E-state index contributed by atoms with van der Waals surface area (Å²) in [6.07, 6.45) is 11.6. The predicted molar refractivity (Wildman–Crippen MR) is 148 cm³/mol. The van der Waals surface area contributed by atoms with Gasteiger partial charge in [-0.05, 0) is 80.9 Å². The Balaban J connectivity index is 1.50. The Labute approximate surface area is 218 Å². The van der Waals surface area contributed by atoms with Crippen LogP contribution in [0, 0.1) is 12.8 Å². The first-order chi connectivity index (χ1) is 17.1. The number of fused-ring (bicyclic) bond motifs is 1. The van der Waals surface area contributed by atoms with Crippen LogP contribution in [0.3, 0.4) is 0 Å². The minimum atomic E-state index is 0.0287. The largest absolute Gasteiger partial charge is 0.353 e. The third-order valence-corrected chi connectivity index (χ3v) is 8.46. The van der Waals surface area contributed by atoms with E-state index in [1.54, 1.807) is 0 Å². The lowest BCUT2D eigenvalue weighted by Crippen LogP contribution is -2.43. The second-order valence-corrected chi connectivity index (χ2v) is 11.6. The van der Waals surface area contributed by atoms with Gasteiger partial charge in [-0.1, -0.05) is 65.0 Å². The van der Waals surface area contributed by atoms with Crippen molar-refractivity contribution in [1.82, 2.24) is 15.2 Å². The zero-order chi connectivity index (χ0) is 24.2. The number of benzene rings is 2. The summed E-state index contributed by atoms with van der Waals surface area (Å²) in [5.41, 5.74) is 5.01. The first-order valence-corrected chi connectivity index (χ1v) is 14.2. The monoisotopic (exact) mass is 535 g/mol. The van der Waals surface area contributed by atoms with Gasteiger partial charge in [0.05, 0.1) is 0 Å². The molecule has 5 rings (SSSR count). The molecule has 2 aliphatic rings. The lowest BCUT2D eigenvalue weighted by Gasteiger charge is -2.25. The maximum atomic E-state index is 13.3. The Hall–Kier alpha value is -2.11. The first kappa shape index (κ1) is 24.6. The fraction of sp³-hybridized carbons (Fsp3) is 0.500. The molecular weight excluding hydrogens is 498 g/mol. The van der Waals surface area contributed by atoms with Gasteiger partial charge in [0, 0.05) is 46.5 Å². The van der Waals surface area contributed by atoms with E-state index in [0.29, 0.717) is 6.42 Å². The van der Waals surface area contributed by atoms with E-state index < -0.39 is 0 Å². The van der Waals surface area contributed by atoms with Crippen LogP contribution in [-0.2, 0) is 11.3 Å². The standard InChI is InChI=1S/C30H38BrN3O/c1-21-6-5-9-23(16-21)26(18-30(35)33-25-12-14-32-15-13-25)28-20-34(19-22-7-3-2-4-8-22)29-11-10-24(31)17-27(28)29/h5-6,9-11,16-17,20,22,25-26,32H,2-4,7-8,12-15,18-19H2,1H3,(H,33,35). The van der Waals surface area contributed by atoms with Crippen molar-refractivity contribution in [1.29, 1.82) is 0 Å². The number of nitrogens with one attached hydrogen (secondary N) is 2. The van der Waals surface area contributed by atoms with E-state index in [4.69, 9.17) is 0 Å². The highest BCUT2D eigenvalue weighted by Crippen LogP contribution is 2.37. The Bertz CT molecular complexity index is 1160. The molecule has 4 nitrogen and oxygen atoms in total. The summed E-state index contributed by atoms with van der Waals surface area (Å²) >= 11 is 3.71. The molecule has 35 heavy (non-hydrogen) atoms. The molecule has 2 N–H and O–H groups in total. The number of aromatic nitrogens is 1. The fourth-order valence-corrected chi connectivity index (χ4v) is 6.47. The van der Waals surface area contributed by atoms with Crippen molar-refractivity contribution in [3.63, 3.8) is 0 Å². The number of piperidine rings is 1. The topological polar surface area (TPSA) is 46.1 Å². The van der Waals surface area contributed by atoms with Crippen molar-refractivity contribution >= 4 is 32.7 Å². The molecule has 1 unspecified atom stereocenters. The van der Waals surface area contributed by atoms with Crippen molar-refractivity contribution in [2.24, 2.45) is 5.92 Å². The second kappa shape index (κ2) is 11.3. The van der Waals surface area contributed by atoms with Gasteiger partial charge in [0.25, 0.3) is 0 Å². The molecule has 2 aromatic carbocycles. The fourth-order valence-electron chi connectivity index (χ4n) is 6.11. The minimum absolute atomic E-state index is 0.0287. The summed E-state index contributed by atoms with van der Waals surface area (Å²) in [5.74, 6) is 0.934. The molecule has 0 radical (unpaired) electrons. The Morgan fingerprint density at radius 1 is 1.09 bits per heavy atom. The molecule has 0 bridgehead atoms. The number of carbonyl (C=O) groups is 1. The molecule has 186 valence electrons. The van der Waals surface area contributed by atoms with Crippen LogP contribution in [0.5, 0.6) is 0 Å². The number of hydrogen-bond donors (Lipinski definition) is 2. The molecule has 1 aromatic heterocycles. The molecule has 2 fully saturated rings. The smallest absolute Gasteiger partial charge is 0.221 e. The van der Waals surface area contributed by atoms with Crippen molar-refractivity contribution in [3.8, 4) is 0 Å². The number of nitrogens with zero attached hydrogens (tertiary/aromatic N) is 1. The number of amides is 1. The van der Waals surface area contributed by atoms with Crippen LogP contribution in [0.2, 0.25) is 0 Å². The van der Waals surface area contributed by atoms with Crippen LogP contribution in [0.4, 0.5) is 0 Å². The van der Waals surface area contributed by atoms with E-state index >= 15 is 0 Å². The zero-order valence-electron chi connectivity index (χ0n) is 20.9. The average Bonchev–Trinajstić information content (AvgIpc) is 3.20. The van der Waals surface area contributed by atoms with Gasteiger partial charge in [0.15, 0.2) is 0 Å². The van der Waals surface area contributed by atoms with Gasteiger partial charge < -0.3 is 15.2 Å². The third kappa shape index (κ3) is 6.00. The van der Waals surface area contributed by atoms with Gasteiger partial charge in [0.1, 0.15) is 0 Å². The maximum absolute atomic E-state index is 13.3. The number of aryl methyl sites for hydroxylation is 1. The summed E-state index contributed by atoms with van der Waals surface area (Å²) in [4.78, 5) is 13.3. The highest BCUT2D eigenvalue weighted by molar-refractivity contribution is 9.10. The van der Waals surface area contributed by atoms with Crippen LogP contribution in [0.15, 0.2) is 53.1 Å². The number of carbonyl (C=O) groups excluding carboxylic acids is 1. The maximum Gasteiger partial charge on any atom is 0.221 e. The van der Waals surface area contributed by atoms with Crippen LogP contribution in [-0.4, -0.2) is 29.6 Å². The van der Waals surface area contributed by atoms with Gasteiger partial charge in [-0.2, -0.15) is 0 Å². The number of rotatable bonds is 7. The van der Waals surface area contributed by atoms with Crippen molar-refractivity contribution < 1.29 is 4.79 Å². The SMILES string of the molecule is Cc1cccc(C(CC(=O)NC2CCNCC2)c2cn(CC3CCCCC3)c3ccc(Br)cc23)c1. The van der Waals surface area contributed by atoms with Crippen LogP contribution < -0.4 is 10.6 Å². The Morgan fingerprint density at radius 2 is 1.89 bits per heavy atom. The summed E-state index contributed by atoms with van der Waals surface area (Å²) in [5, 5.41) is 7.99. The minimum Gasteiger partial charge on any atom is -0.353 e. The lowest BCUT2D eigenvalue weighted by molar-refractivity contribution is -0.122. The molecule has 3 aromatic rings. The number of hydrogen-bond acceptors (Lipinski definition) is 2. The molecule has 1 saturated heterocycles. The second-order valence-electron chi connectivity index (χ2n) is 10.7. The van der Waals surface area contributed by atoms with Crippen LogP contribution >= 0.6 is 15.9 Å². The normalized spacial score (nSPS) is 18.6. The Morgan fingerprint density at radius 3 is 2.66 bits per heavy atom. The van der Waals surface area contributed by atoms with Crippen LogP contribution in [0.1, 0.15) is 74.0 Å². The van der Waals surface area contributed by atoms with E-state index in [1.807, 2.05) is 0 Å². The van der Waals surface area contributed by atoms with E-state index in [-0.39, 0.29) is 17.9 Å². The molecule has 1 aliphatic carbocycles. The van der Waals surface area contributed by atoms with E-state index in [2.05, 4.69) is 86.7 Å². The van der Waals surface area contributed by atoms with E-state index in [9.17, 15) is 4.79 Å². The van der Waals surface area contributed by atoms with Crippen molar-refractivity contribution in [3.05, 3.63) is 69.8 Å². The third-order valence-electron chi connectivity index (χ3n) is 7.97. The highest BCUT2D eigenvalue weighted by atomic mass is 79.9. The average molecular weight is 537 g/mol. The van der Waals surface area contributed by atoms with Gasteiger partial charge in [0.2, 0.25) is 5.91 Å². The summed E-state index contributed by atoms with van der Waals surface area (Å²) in [6.45, 7) is 5.17. The van der Waals surface area contributed by atoms with Gasteiger partial charge in [-0.15, -0.1) is 0 Å². The summed E-state index contributed by atoms with van der Waals surface area (Å²) < 4.78 is 3.56. The summed E-state index contributed by atoms with van der Waals surface area (Å²) in [6, 6.07) is 15.6. The van der Waals surface area contributed by atoms with Crippen LogP contribution in [0.25, 0.3) is 10.9 Å². The molecular formula is C30H38BrN3O. The zero-order valence-corrected chi connectivity index (χ0v) is 22.4. The molecule has 1 saturated carbocycles. The predicted octanol–water partition coefficient (Wildman–Crippen LogP) is 6.68. The highest BCUT2D eigenvalue weighted by Gasteiger charge is 2.26. The van der Waals surface area contributed by atoms with Gasteiger partial charge in [-0.3, -0.25) is 4.79 Å². The van der Waals surface area contributed by atoms with Crippen molar-refractivity contribution in [2.75, 3.05) is 13.1 Å². The van der Waals surface area contributed by atoms with E-state index in [1.165, 1.54) is 59.7 Å². The Kier molecular flexibility index (Phi) is 7.94. The quantitative estimate of drug-likeness (QED) is 0.354. The molecule has 5 heteroatoms. The molecule has 1 atom stereocenters. The van der Waals surface area contributed by atoms with E-state index in [0.717, 1.165) is 42.9 Å². The number of halogens is 1. The molecule has 1 amide bonds. The van der Waals surface area contributed by atoms with Crippen molar-refractivity contribution in [2.45, 2.75) is 76.8 Å². The first-order valence-electron chi connectivity index (χ1n) is 13.4. The lowest BCUT2D eigenvalue weighted by atomic mass is 9.87.